The SMILES string of the molecule is CCCCCOc1cc(C#N)ccc1Sc1cc(I)c(CC)c(OC)c1. The number of methoxy groups -OCH3 is 1. The van der Waals surface area contributed by atoms with Crippen LogP contribution in [0.5, 0.6) is 11.5 Å². The van der Waals surface area contributed by atoms with Gasteiger partial charge in [-0.15, -0.1) is 0 Å². The Morgan fingerprint density at radius 1 is 1.12 bits per heavy atom. The molecule has 0 unspecified atom stereocenters. The molecule has 3 nitrogen and oxygen atoms in total. The minimum Gasteiger partial charge on any atom is -0.496 e. The van der Waals surface area contributed by atoms with E-state index in [1.54, 1.807) is 18.9 Å². The minimum absolute atomic E-state index is 0.619. The third-order valence-corrected chi connectivity index (χ3v) is 6.00. The first-order chi connectivity index (χ1) is 12.6. The molecular weight excluding hydrogens is 457 g/mol. The lowest BCUT2D eigenvalue weighted by molar-refractivity contribution is 0.299. The maximum Gasteiger partial charge on any atom is 0.134 e. The number of nitrogens with zero attached hydrogens (tertiary/aromatic N) is 1. The van der Waals surface area contributed by atoms with Gasteiger partial charge in [0, 0.05) is 14.0 Å². The fourth-order valence-electron chi connectivity index (χ4n) is 2.61. The predicted molar refractivity (Wildman–Crippen MR) is 115 cm³/mol. The number of ether oxygens (including phenoxy) is 2. The number of benzene rings is 2. The van der Waals surface area contributed by atoms with Crippen LogP contribution in [0.2, 0.25) is 0 Å². The van der Waals surface area contributed by atoms with E-state index >= 15 is 0 Å². The third-order valence-electron chi connectivity index (χ3n) is 4.01. The van der Waals surface area contributed by atoms with Gasteiger partial charge in [-0.3, -0.25) is 0 Å². The zero-order chi connectivity index (χ0) is 18.9. The van der Waals surface area contributed by atoms with Crippen LogP contribution in [0.15, 0.2) is 40.1 Å². The molecule has 138 valence electrons. The highest BCUT2D eigenvalue weighted by molar-refractivity contribution is 14.1. The largest absolute Gasteiger partial charge is 0.496 e. The Kier molecular flexibility index (Phi) is 8.60. The zero-order valence-corrected chi connectivity index (χ0v) is 18.4. The van der Waals surface area contributed by atoms with Crippen LogP contribution in [0.1, 0.15) is 44.2 Å². The van der Waals surface area contributed by atoms with Crippen molar-refractivity contribution in [1.82, 2.24) is 0 Å². The van der Waals surface area contributed by atoms with Crippen LogP contribution in [-0.4, -0.2) is 13.7 Å². The van der Waals surface area contributed by atoms with Gasteiger partial charge in [-0.2, -0.15) is 5.26 Å². The Hall–Kier alpha value is -1.39. The maximum absolute atomic E-state index is 9.18. The Labute approximate surface area is 174 Å². The molecule has 0 aliphatic rings. The lowest BCUT2D eigenvalue weighted by Crippen LogP contribution is -1.99. The summed E-state index contributed by atoms with van der Waals surface area (Å²) >= 11 is 4.00. The van der Waals surface area contributed by atoms with Crippen molar-refractivity contribution in [3.63, 3.8) is 0 Å². The molecule has 0 radical (unpaired) electrons. The van der Waals surface area contributed by atoms with Crippen molar-refractivity contribution in [2.75, 3.05) is 13.7 Å². The smallest absolute Gasteiger partial charge is 0.134 e. The standard InChI is InChI=1S/C21H24INO2S/c1-4-6-7-10-25-20-11-15(14-23)8-9-21(20)26-16-12-18(22)17(5-2)19(13-16)24-3/h8-9,11-13H,4-7,10H2,1-3H3. The van der Waals surface area contributed by atoms with Crippen molar-refractivity contribution in [1.29, 1.82) is 5.26 Å². The van der Waals surface area contributed by atoms with Gasteiger partial charge in [-0.05, 0) is 65.8 Å². The number of hydrogen-bond acceptors (Lipinski definition) is 4. The van der Waals surface area contributed by atoms with Crippen molar-refractivity contribution in [2.45, 2.75) is 49.3 Å². The normalized spacial score (nSPS) is 10.4. The number of rotatable bonds is 9. The van der Waals surface area contributed by atoms with E-state index in [4.69, 9.17) is 9.47 Å². The Morgan fingerprint density at radius 3 is 2.58 bits per heavy atom. The molecule has 2 aromatic carbocycles. The van der Waals surface area contributed by atoms with E-state index in [1.165, 1.54) is 9.13 Å². The van der Waals surface area contributed by atoms with E-state index in [0.717, 1.165) is 47.0 Å². The van der Waals surface area contributed by atoms with E-state index in [9.17, 15) is 5.26 Å². The lowest BCUT2D eigenvalue weighted by atomic mass is 10.1. The number of halogens is 1. The van der Waals surface area contributed by atoms with Crippen LogP contribution in [0.3, 0.4) is 0 Å². The molecule has 0 amide bonds. The fourth-order valence-corrected chi connectivity index (χ4v) is 4.75. The highest BCUT2D eigenvalue weighted by Crippen LogP contribution is 2.39. The van der Waals surface area contributed by atoms with E-state index in [0.29, 0.717) is 12.2 Å². The molecule has 0 N–H and O–H groups in total. The van der Waals surface area contributed by atoms with Gasteiger partial charge in [0.05, 0.1) is 30.2 Å². The maximum atomic E-state index is 9.18. The summed E-state index contributed by atoms with van der Waals surface area (Å²) in [5.74, 6) is 1.69. The van der Waals surface area contributed by atoms with Gasteiger partial charge < -0.3 is 9.47 Å². The van der Waals surface area contributed by atoms with Gasteiger partial charge in [0.15, 0.2) is 0 Å². The summed E-state index contributed by atoms with van der Waals surface area (Å²) in [5.41, 5.74) is 1.85. The summed E-state index contributed by atoms with van der Waals surface area (Å²) in [4.78, 5) is 2.12. The van der Waals surface area contributed by atoms with Gasteiger partial charge in [-0.25, -0.2) is 0 Å². The fraction of sp³-hybridized carbons (Fsp3) is 0.381. The Bertz CT molecular complexity index is 786. The molecule has 0 aliphatic carbocycles. The third kappa shape index (κ3) is 5.55. The van der Waals surface area contributed by atoms with Crippen molar-refractivity contribution >= 4 is 34.4 Å². The summed E-state index contributed by atoms with van der Waals surface area (Å²) in [7, 11) is 1.71. The first kappa shape index (κ1) is 20.9. The van der Waals surface area contributed by atoms with Crippen molar-refractivity contribution in [2.24, 2.45) is 0 Å². The molecular formula is C21H24INO2S. The van der Waals surface area contributed by atoms with Gasteiger partial charge in [0.25, 0.3) is 0 Å². The number of hydrogen-bond donors (Lipinski definition) is 0. The van der Waals surface area contributed by atoms with Crippen molar-refractivity contribution < 1.29 is 9.47 Å². The molecule has 0 bridgehead atoms. The molecule has 2 rings (SSSR count). The van der Waals surface area contributed by atoms with Gasteiger partial charge >= 0.3 is 0 Å². The summed E-state index contributed by atoms with van der Waals surface area (Å²) in [6, 6.07) is 12.1. The topological polar surface area (TPSA) is 42.2 Å². The van der Waals surface area contributed by atoms with Crippen molar-refractivity contribution in [3.8, 4) is 17.6 Å². The molecule has 0 spiro atoms. The molecule has 0 saturated heterocycles. The van der Waals surface area contributed by atoms with Crippen LogP contribution in [0, 0.1) is 14.9 Å². The Morgan fingerprint density at radius 2 is 1.92 bits per heavy atom. The number of nitriles is 1. The van der Waals surface area contributed by atoms with Crippen LogP contribution >= 0.6 is 34.4 Å². The molecule has 26 heavy (non-hydrogen) atoms. The second-order valence-electron chi connectivity index (χ2n) is 5.87. The van der Waals surface area contributed by atoms with E-state index < -0.39 is 0 Å². The minimum atomic E-state index is 0.619. The first-order valence-corrected chi connectivity index (χ1v) is 10.7. The quantitative estimate of drug-likeness (QED) is 0.305. The van der Waals surface area contributed by atoms with Crippen LogP contribution in [0.25, 0.3) is 0 Å². The molecule has 0 heterocycles. The second-order valence-corrected chi connectivity index (χ2v) is 8.15. The lowest BCUT2D eigenvalue weighted by Gasteiger charge is -2.14. The van der Waals surface area contributed by atoms with E-state index in [1.807, 2.05) is 18.2 Å². The van der Waals surface area contributed by atoms with Gasteiger partial charge in [0.1, 0.15) is 11.5 Å². The van der Waals surface area contributed by atoms with Crippen LogP contribution < -0.4 is 9.47 Å². The molecule has 2 aromatic rings. The highest BCUT2D eigenvalue weighted by Gasteiger charge is 2.12. The van der Waals surface area contributed by atoms with Crippen LogP contribution in [-0.2, 0) is 6.42 Å². The summed E-state index contributed by atoms with van der Waals surface area (Å²) in [6.07, 6.45) is 4.27. The summed E-state index contributed by atoms with van der Waals surface area (Å²) in [5, 5.41) is 9.18. The zero-order valence-electron chi connectivity index (χ0n) is 15.5. The molecule has 0 aliphatic heterocycles. The molecule has 0 fully saturated rings. The number of unbranched alkanes of at least 4 members (excludes halogenated alkanes) is 2. The summed E-state index contributed by atoms with van der Waals surface area (Å²) < 4.78 is 12.7. The average molecular weight is 481 g/mol. The first-order valence-electron chi connectivity index (χ1n) is 8.84. The monoisotopic (exact) mass is 481 g/mol. The molecule has 0 aromatic heterocycles. The highest BCUT2D eigenvalue weighted by atomic mass is 127. The predicted octanol–water partition coefficient (Wildman–Crippen LogP) is 6.45. The summed E-state index contributed by atoms with van der Waals surface area (Å²) in [6.45, 7) is 4.98. The Balaban J connectivity index is 2.28. The van der Waals surface area contributed by atoms with Gasteiger partial charge in [-0.1, -0.05) is 38.5 Å². The molecule has 0 atom stereocenters. The van der Waals surface area contributed by atoms with Crippen LogP contribution in [0.4, 0.5) is 0 Å². The molecule has 0 saturated carbocycles. The van der Waals surface area contributed by atoms with E-state index in [2.05, 4.69) is 54.6 Å². The second kappa shape index (κ2) is 10.7. The van der Waals surface area contributed by atoms with Gasteiger partial charge in [0.2, 0.25) is 0 Å². The molecule has 5 heteroatoms. The van der Waals surface area contributed by atoms with E-state index in [-0.39, 0.29) is 0 Å². The average Bonchev–Trinajstić information content (AvgIpc) is 2.65. The van der Waals surface area contributed by atoms with Crippen molar-refractivity contribution in [3.05, 3.63) is 45.0 Å².